The first kappa shape index (κ1) is 18.7. The molecule has 0 saturated carbocycles. The Hall–Kier alpha value is -2.12. The van der Waals surface area contributed by atoms with Crippen molar-refractivity contribution in [1.82, 2.24) is 9.80 Å². The number of likely N-dealkylation sites (N-methyl/N-ethyl adjacent to an activating group) is 1. The molecule has 7 heteroatoms. The fourth-order valence-corrected chi connectivity index (χ4v) is 4.26. The Morgan fingerprint density at radius 3 is 2.88 bits per heavy atom. The summed E-state index contributed by atoms with van der Waals surface area (Å²) < 4.78 is 5.30. The highest BCUT2D eigenvalue weighted by molar-refractivity contribution is 5.94. The number of likely N-dealkylation sites (tertiary alicyclic amines) is 2. The zero-order valence-electron chi connectivity index (χ0n) is 15.2. The van der Waals surface area contributed by atoms with Gasteiger partial charge in [-0.05, 0) is 51.1 Å². The van der Waals surface area contributed by atoms with Crippen LogP contribution in [0.1, 0.15) is 29.6 Å². The number of primary amides is 1. The van der Waals surface area contributed by atoms with Crippen molar-refractivity contribution in [2.24, 2.45) is 11.1 Å². The second kappa shape index (κ2) is 7.63. The summed E-state index contributed by atoms with van der Waals surface area (Å²) >= 11 is 0. The average molecular weight is 361 g/mol. The molecule has 3 rings (SSSR count). The lowest BCUT2D eigenvalue weighted by Gasteiger charge is -2.53. The minimum atomic E-state index is -0.557. The normalized spacial score (nSPS) is 26.2. The lowest BCUT2D eigenvalue weighted by molar-refractivity contribution is -0.119. The van der Waals surface area contributed by atoms with E-state index in [-0.39, 0.29) is 30.6 Å². The number of ether oxygens (including phenoxy) is 1. The zero-order chi connectivity index (χ0) is 18.7. The van der Waals surface area contributed by atoms with E-state index < -0.39 is 5.91 Å². The van der Waals surface area contributed by atoms with Gasteiger partial charge in [0, 0.05) is 30.1 Å². The van der Waals surface area contributed by atoms with Crippen LogP contribution in [0.5, 0.6) is 5.75 Å². The van der Waals surface area contributed by atoms with Crippen molar-refractivity contribution >= 4 is 11.8 Å². The maximum Gasteiger partial charge on any atom is 0.255 e. The number of rotatable bonds is 5. The Balaban J connectivity index is 1.73. The predicted octanol–water partition coefficient (Wildman–Crippen LogP) is 0.470. The zero-order valence-corrected chi connectivity index (χ0v) is 15.2. The van der Waals surface area contributed by atoms with Crippen LogP contribution < -0.4 is 10.5 Å². The maximum atomic E-state index is 13.0. The van der Waals surface area contributed by atoms with Gasteiger partial charge in [-0.15, -0.1) is 0 Å². The van der Waals surface area contributed by atoms with Gasteiger partial charge in [-0.25, -0.2) is 0 Å². The first-order valence-corrected chi connectivity index (χ1v) is 9.07. The molecule has 0 bridgehead atoms. The molecule has 2 fully saturated rings. The maximum absolute atomic E-state index is 13.0. The number of aliphatic hydroxyl groups excluding tert-OH is 1. The minimum absolute atomic E-state index is 0.0555. The van der Waals surface area contributed by atoms with Gasteiger partial charge in [0.1, 0.15) is 5.75 Å². The smallest absolute Gasteiger partial charge is 0.255 e. The number of hydrogen-bond acceptors (Lipinski definition) is 5. The third-order valence-corrected chi connectivity index (χ3v) is 5.76. The summed E-state index contributed by atoms with van der Waals surface area (Å²) in [6, 6.07) is 7.00. The Bertz CT molecular complexity index is 681. The largest absolute Gasteiger partial charge is 0.484 e. The topological polar surface area (TPSA) is 96.1 Å². The van der Waals surface area contributed by atoms with E-state index in [2.05, 4.69) is 11.9 Å². The molecule has 0 spiro atoms. The van der Waals surface area contributed by atoms with Gasteiger partial charge in [-0.3, -0.25) is 9.59 Å². The lowest BCUT2D eigenvalue weighted by atomic mass is 9.69. The van der Waals surface area contributed by atoms with Gasteiger partial charge in [0.2, 0.25) is 0 Å². The number of piperidine rings is 2. The number of hydrogen-bond donors (Lipinski definition) is 2. The number of aliphatic hydroxyl groups is 1. The third-order valence-electron chi connectivity index (χ3n) is 5.76. The summed E-state index contributed by atoms with van der Waals surface area (Å²) in [4.78, 5) is 27.9. The molecule has 1 aromatic rings. The molecule has 2 saturated heterocycles. The number of carbonyl (C=O) groups is 2. The summed E-state index contributed by atoms with van der Waals surface area (Å²) in [5, 5.41) is 9.99. The molecular weight excluding hydrogens is 334 g/mol. The number of fused-ring (bicyclic) bond motifs is 1. The minimum Gasteiger partial charge on any atom is -0.484 e. The van der Waals surface area contributed by atoms with Crippen LogP contribution in [0.4, 0.5) is 0 Å². The van der Waals surface area contributed by atoms with Crippen LogP contribution in [0.2, 0.25) is 0 Å². The van der Waals surface area contributed by atoms with Crippen LogP contribution in [0.25, 0.3) is 0 Å². The number of benzene rings is 1. The van der Waals surface area contributed by atoms with Crippen molar-refractivity contribution in [1.29, 1.82) is 0 Å². The molecule has 2 heterocycles. The van der Waals surface area contributed by atoms with Crippen molar-refractivity contribution in [2.75, 3.05) is 39.9 Å². The van der Waals surface area contributed by atoms with Gasteiger partial charge in [0.05, 0.1) is 6.61 Å². The number of nitrogens with two attached hydrogens (primary N) is 1. The van der Waals surface area contributed by atoms with Gasteiger partial charge >= 0.3 is 0 Å². The molecular formula is C19H27N3O4. The molecule has 2 amide bonds. The standard InChI is InChI=1S/C19H27N3O4/c1-21-8-3-6-19(13-23)7-9-22(11-16(19)21)18(25)14-4-2-5-15(10-14)26-12-17(20)24/h2,4-5,10,16,23H,3,6-9,11-13H2,1H3,(H2,20,24)/t16-,19-/m1/s1. The summed E-state index contributed by atoms with van der Waals surface area (Å²) in [6.45, 7) is 2.19. The van der Waals surface area contributed by atoms with Crippen LogP contribution >= 0.6 is 0 Å². The molecule has 3 N–H and O–H groups in total. The van der Waals surface area contributed by atoms with E-state index >= 15 is 0 Å². The lowest BCUT2D eigenvalue weighted by Crippen LogP contribution is -2.62. The second-order valence-electron chi connectivity index (χ2n) is 7.40. The number of nitrogens with zero attached hydrogens (tertiary/aromatic N) is 2. The first-order chi connectivity index (χ1) is 12.4. The second-order valence-corrected chi connectivity index (χ2v) is 7.40. The molecule has 2 atom stereocenters. The van der Waals surface area contributed by atoms with E-state index in [1.165, 1.54) is 0 Å². The molecule has 142 valence electrons. The summed E-state index contributed by atoms with van der Waals surface area (Å²) in [5.41, 5.74) is 5.52. The van der Waals surface area contributed by atoms with Gasteiger partial charge in [0.25, 0.3) is 11.8 Å². The van der Waals surface area contributed by atoms with Gasteiger partial charge in [-0.2, -0.15) is 0 Å². The molecule has 0 aliphatic carbocycles. The molecule has 0 aromatic heterocycles. The van der Waals surface area contributed by atoms with Crippen LogP contribution in [0.3, 0.4) is 0 Å². The first-order valence-electron chi connectivity index (χ1n) is 9.07. The Morgan fingerprint density at radius 2 is 2.15 bits per heavy atom. The highest BCUT2D eigenvalue weighted by Gasteiger charge is 2.47. The SMILES string of the molecule is CN1CCC[C@]2(CO)CCN(C(=O)c3cccc(OCC(N)=O)c3)C[C@@H]12. The van der Waals surface area contributed by atoms with Crippen molar-refractivity contribution < 1.29 is 19.4 Å². The fraction of sp³-hybridized carbons (Fsp3) is 0.579. The fourth-order valence-electron chi connectivity index (χ4n) is 4.26. The van der Waals surface area contributed by atoms with Crippen molar-refractivity contribution in [2.45, 2.75) is 25.3 Å². The van der Waals surface area contributed by atoms with Crippen molar-refractivity contribution in [3.63, 3.8) is 0 Å². The van der Waals surface area contributed by atoms with Gasteiger partial charge < -0.3 is 25.4 Å². The Labute approximate surface area is 153 Å². The van der Waals surface area contributed by atoms with Gasteiger partial charge in [-0.1, -0.05) is 6.07 Å². The predicted molar refractivity (Wildman–Crippen MR) is 96.8 cm³/mol. The number of carbonyl (C=O) groups excluding carboxylic acids is 2. The van der Waals surface area contributed by atoms with E-state index in [0.717, 1.165) is 25.8 Å². The Morgan fingerprint density at radius 1 is 1.35 bits per heavy atom. The van der Waals surface area contributed by atoms with E-state index in [4.69, 9.17) is 10.5 Å². The van der Waals surface area contributed by atoms with Crippen LogP contribution in [0.15, 0.2) is 24.3 Å². The summed E-state index contributed by atoms with van der Waals surface area (Å²) in [6.07, 6.45) is 2.90. The molecule has 0 unspecified atom stereocenters. The summed E-state index contributed by atoms with van der Waals surface area (Å²) in [7, 11) is 2.07. The van der Waals surface area contributed by atoms with Crippen molar-refractivity contribution in [3.8, 4) is 5.75 Å². The molecule has 26 heavy (non-hydrogen) atoms. The van der Waals surface area contributed by atoms with Crippen LogP contribution in [-0.2, 0) is 4.79 Å². The average Bonchev–Trinajstić information content (AvgIpc) is 2.66. The quantitative estimate of drug-likeness (QED) is 0.795. The van der Waals surface area contributed by atoms with Gasteiger partial charge in [0.15, 0.2) is 6.61 Å². The van der Waals surface area contributed by atoms with E-state index in [1.54, 1.807) is 24.3 Å². The van der Waals surface area contributed by atoms with E-state index in [0.29, 0.717) is 24.4 Å². The highest BCUT2D eigenvalue weighted by Crippen LogP contribution is 2.41. The van der Waals surface area contributed by atoms with E-state index in [9.17, 15) is 14.7 Å². The molecule has 2 aliphatic rings. The van der Waals surface area contributed by atoms with Crippen LogP contribution in [-0.4, -0.2) is 72.7 Å². The van der Waals surface area contributed by atoms with Crippen LogP contribution in [0, 0.1) is 5.41 Å². The highest BCUT2D eigenvalue weighted by atomic mass is 16.5. The van der Waals surface area contributed by atoms with E-state index in [1.807, 2.05) is 4.90 Å². The Kier molecular flexibility index (Phi) is 5.48. The van der Waals surface area contributed by atoms with Crippen molar-refractivity contribution in [3.05, 3.63) is 29.8 Å². The number of amides is 2. The molecule has 0 radical (unpaired) electrons. The molecule has 7 nitrogen and oxygen atoms in total. The third kappa shape index (κ3) is 3.68. The molecule has 2 aliphatic heterocycles. The summed E-state index contributed by atoms with van der Waals surface area (Å²) in [5.74, 6) is -0.162. The molecule has 1 aromatic carbocycles. The monoisotopic (exact) mass is 361 g/mol.